The van der Waals surface area contributed by atoms with Crippen LogP contribution < -0.4 is 0 Å². The number of carbonyl (C=O) groups is 1. The Bertz CT molecular complexity index is 237. The maximum absolute atomic E-state index is 10.8. The van der Waals surface area contributed by atoms with Crippen LogP contribution in [0.4, 0.5) is 0 Å². The van der Waals surface area contributed by atoms with Crippen molar-refractivity contribution >= 4 is 5.97 Å². The highest BCUT2D eigenvalue weighted by atomic mass is 16.5. The van der Waals surface area contributed by atoms with Gasteiger partial charge in [0.15, 0.2) is 0 Å². The second kappa shape index (κ2) is 9.27. The van der Waals surface area contributed by atoms with E-state index in [1.807, 2.05) is 0 Å². The number of carboxylic acids is 1. The van der Waals surface area contributed by atoms with E-state index in [2.05, 4.69) is 4.90 Å². The molecule has 0 amide bonds. The number of aliphatic carboxylic acids is 1. The van der Waals surface area contributed by atoms with Gasteiger partial charge >= 0.3 is 5.97 Å². The molecule has 18 heavy (non-hydrogen) atoms. The van der Waals surface area contributed by atoms with Gasteiger partial charge in [0.2, 0.25) is 0 Å². The summed E-state index contributed by atoms with van der Waals surface area (Å²) in [6, 6.07) is 0. The summed E-state index contributed by atoms with van der Waals surface area (Å²) < 4.78 is 15.5. The first-order chi connectivity index (χ1) is 8.74. The molecule has 1 aliphatic heterocycles. The van der Waals surface area contributed by atoms with E-state index in [0.29, 0.717) is 39.6 Å². The van der Waals surface area contributed by atoms with Crippen molar-refractivity contribution in [3.05, 3.63) is 0 Å². The standard InChI is InChI=1S/C12H23NO5/c1-16-6-7-18-9-8-17-5-4-13-3-2-11(10-13)12(14)15/h11H,2-10H2,1H3,(H,14,15). The predicted octanol–water partition coefficient (Wildman–Crippen LogP) is 0.0725. The lowest BCUT2D eigenvalue weighted by Gasteiger charge is -2.14. The fourth-order valence-electron chi connectivity index (χ4n) is 1.90. The van der Waals surface area contributed by atoms with Gasteiger partial charge in [0, 0.05) is 20.2 Å². The average Bonchev–Trinajstić information content (AvgIpc) is 2.81. The van der Waals surface area contributed by atoms with E-state index in [9.17, 15) is 4.79 Å². The van der Waals surface area contributed by atoms with Crippen LogP contribution in [-0.4, -0.2) is 75.8 Å². The summed E-state index contributed by atoms with van der Waals surface area (Å²) in [5.74, 6) is -0.896. The first-order valence-corrected chi connectivity index (χ1v) is 6.33. The van der Waals surface area contributed by atoms with Crippen LogP contribution >= 0.6 is 0 Å². The van der Waals surface area contributed by atoms with Gasteiger partial charge in [-0.3, -0.25) is 4.79 Å². The van der Waals surface area contributed by atoms with E-state index >= 15 is 0 Å². The van der Waals surface area contributed by atoms with Gasteiger partial charge in [-0.05, 0) is 13.0 Å². The molecular weight excluding hydrogens is 238 g/mol. The smallest absolute Gasteiger partial charge is 0.307 e. The van der Waals surface area contributed by atoms with Crippen molar-refractivity contribution in [2.24, 2.45) is 5.92 Å². The number of hydrogen-bond acceptors (Lipinski definition) is 5. The molecule has 6 heteroatoms. The van der Waals surface area contributed by atoms with Crippen molar-refractivity contribution in [1.29, 1.82) is 0 Å². The number of methoxy groups -OCH3 is 1. The van der Waals surface area contributed by atoms with Gasteiger partial charge in [0.1, 0.15) is 0 Å². The van der Waals surface area contributed by atoms with Crippen molar-refractivity contribution in [1.82, 2.24) is 4.90 Å². The van der Waals surface area contributed by atoms with Crippen molar-refractivity contribution in [2.45, 2.75) is 6.42 Å². The summed E-state index contributed by atoms with van der Waals surface area (Å²) in [6.07, 6.45) is 0.745. The average molecular weight is 261 g/mol. The molecule has 6 nitrogen and oxygen atoms in total. The Balaban J connectivity index is 1.88. The molecule has 1 aliphatic rings. The van der Waals surface area contributed by atoms with Crippen LogP contribution in [0.5, 0.6) is 0 Å². The van der Waals surface area contributed by atoms with Gasteiger partial charge < -0.3 is 24.2 Å². The summed E-state index contributed by atoms with van der Waals surface area (Å²) in [5.41, 5.74) is 0. The molecular formula is C12H23NO5. The SMILES string of the molecule is COCCOCCOCCN1CCC(C(=O)O)C1. The van der Waals surface area contributed by atoms with E-state index in [1.165, 1.54) is 0 Å². The van der Waals surface area contributed by atoms with Gasteiger partial charge in [-0.1, -0.05) is 0 Å². The second-order valence-electron chi connectivity index (χ2n) is 4.34. The largest absolute Gasteiger partial charge is 0.481 e. The third-order valence-corrected chi connectivity index (χ3v) is 2.98. The van der Waals surface area contributed by atoms with Crippen LogP contribution in [0, 0.1) is 5.92 Å². The summed E-state index contributed by atoms with van der Waals surface area (Å²) in [7, 11) is 1.64. The minimum absolute atomic E-state index is 0.206. The monoisotopic (exact) mass is 261 g/mol. The lowest BCUT2D eigenvalue weighted by molar-refractivity contribution is -0.141. The molecule has 0 aliphatic carbocycles. The molecule has 1 N–H and O–H groups in total. The zero-order chi connectivity index (χ0) is 13.2. The molecule has 1 unspecified atom stereocenters. The fraction of sp³-hybridized carbons (Fsp3) is 0.917. The van der Waals surface area contributed by atoms with E-state index in [4.69, 9.17) is 19.3 Å². The maximum atomic E-state index is 10.8. The van der Waals surface area contributed by atoms with E-state index in [1.54, 1.807) is 7.11 Å². The third kappa shape index (κ3) is 6.30. The fourth-order valence-corrected chi connectivity index (χ4v) is 1.90. The Hall–Kier alpha value is -0.690. The van der Waals surface area contributed by atoms with Crippen LogP contribution in [0.2, 0.25) is 0 Å². The lowest BCUT2D eigenvalue weighted by Crippen LogP contribution is -2.27. The highest BCUT2D eigenvalue weighted by Crippen LogP contribution is 2.15. The molecule has 0 aromatic carbocycles. The minimum atomic E-state index is -0.690. The van der Waals surface area contributed by atoms with Crippen molar-refractivity contribution in [3.8, 4) is 0 Å². The first-order valence-electron chi connectivity index (χ1n) is 6.33. The Kier molecular flexibility index (Phi) is 7.91. The Morgan fingerprint density at radius 3 is 2.50 bits per heavy atom. The predicted molar refractivity (Wildman–Crippen MR) is 65.7 cm³/mol. The van der Waals surface area contributed by atoms with Crippen LogP contribution in [0.25, 0.3) is 0 Å². The van der Waals surface area contributed by atoms with Crippen molar-refractivity contribution in [3.63, 3.8) is 0 Å². The van der Waals surface area contributed by atoms with Crippen LogP contribution in [0.1, 0.15) is 6.42 Å². The minimum Gasteiger partial charge on any atom is -0.481 e. The highest BCUT2D eigenvalue weighted by molar-refractivity contribution is 5.70. The summed E-state index contributed by atoms with van der Waals surface area (Å²) in [6.45, 7) is 5.24. The van der Waals surface area contributed by atoms with Gasteiger partial charge in [-0.2, -0.15) is 0 Å². The Morgan fingerprint density at radius 2 is 1.89 bits per heavy atom. The molecule has 1 atom stereocenters. The first kappa shape index (κ1) is 15.4. The number of likely N-dealkylation sites (tertiary alicyclic amines) is 1. The van der Waals surface area contributed by atoms with Gasteiger partial charge in [0.25, 0.3) is 0 Å². The normalized spacial score (nSPS) is 20.4. The van der Waals surface area contributed by atoms with E-state index in [-0.39, 0.29) is 5.92 Å². The zero-order valence-electron chi connectivity index (χ0n) is 11.0. The molecule has 0 radical (unpaired) electrons. The number of nitrogens with zero attached hydrogens (tertiary/aromatic N) is 1. The number of carboxylic acid groups (broad SMARTS) is 1. The topological polar surface area (TPSA) is 68.2 Å². The molecule has 106 valence electrons. The highest BCUT2D eigenvalue weighted by Gasteiger charge is 2.27. The molecule has 0 aromatic rings. The van der Waals surface area contributed by atoms with Crippen molar-refractivity contribution in [2.75, 3.05) is 59.8 Å². The van der Waals surface area contributed by atoms with Crippen molar-refractivity contribution < 1.29 is 24.1 Å². The van der Waals surface area contributed by atoms with Gasteiger partial charge in [0.05, 0.1) is 39.0 Å². The van der Waals surface area contributed by atoms with Crippen LogP contribution in [0.3, 0.4) is 0 Å². The molecule has 1 fully saturated rings. The second-order valence-corrected chi connectivity index (χ2v) is 4.34. The van der Waals surface area contributed by atoms with E-state index in [0.717, 1.165) is 19.5 Å². The van der Waals surface area contributed by atoms with Gasteiger partial charge in [-0.25, -0.2) is 0 Å². The Labute approximate surface area is 108 Å². The van der Waals surface area contributed by atoms with E-state index < -0.39 is 5.97 Å². The molecule has 0 spiro atoms. The van der Waals surface area contributed by atoms with Crippen LogP contribution in [0.15, 0.2) is 0 Å². The molecule has 1 rings (SSSR count). The molecule has 0 saturated carbocycles. The molecule has 1 heterocycles. The zero-order valence-corrected chi connectivity index (χ0v) is 11.0. The number of rotatable bonds is 10. The lowest BCUT2D eigenvalue weighted by atomic mass is 10.1. The summed E-state index contributed by atoms with van der Waals surface area (Å²) >= 11 is 0. The van der Waals surface area contributed by atoms with Crippen LogP contribution in [-0.2, 0) is 19.0 Å². The number of hydrogen-bond donors (Lipinski definition) is 1. The van der Waals surface area contributed by atoms with Gasteiger partial charge in [-0.15, -0.1) is 0 Å². The molecule has 0 aromatic heterocycles. The summed E-state index contributed by atoms with van der Waals surface area (Å²) in [5, 5.41) is 8.86. The Morgan fingerprint density at radius 1 is 1.22 bits per heavy atom. The third-order valence-electron chi connectivity index (χ3n) is 2.98. The molecule has 1 saturated heterocycles. The number of ether oxygens (including phenoxy) is 3. The molecule has 0 bridgehead atoms. The quantitative estimate of drug-likeness (QED) is 0.561. The summed E-state index contributed by atoms with van der Waals surface area (Å²) in [4.78, 5) is 12.9. The maximum Gasteiger partial charge on any atom is 0.307 e.